The summed E-state index contributed by atoms with van der Waals surface area (Å²) < 4.78 is 9.88. The molecule has 2 aromatic carbocycles. The lowest BCUT2D eigenvalue weighted by Crippen LogP contribution is -2.44. The molecule has 0 aromatic heterocycles. The molecule has 0 saturated heterocycles. The Labute approximate surface area is 157 Å². The molecule has 0 saturated carbocycles. The van der Waals surface area contributed by atoms with Gasteiger partial charge in [0.15, 0.2) is 6.61 Å². The van der Waals surface area contributed by atoms with Crippen molar-refractivity contribution in [3.05, 3.63) is 65.2 Å². The highest BCUT2D eigenvalue weighted by molar-refractivity contribution is 6.04. The van der Waals surface area contributed by atoms with Crippen LogP contribution in [-0.4, -0.2) is 37.6 Å². The van der Waals surface area contributed by atoms with Crippen LogP contribution in [0.2, 0.25) is 0 Å². The molecule has 1 atom stereocenters. The summed E-state index contributed by atoms with van der Waals surface area (Å²) in [7, 11) is 1.24. The Morgan fingerprint density at radius 2 is 1.63 bits per heavy atom. The van der Waals surface area contributed by atoms with Gasteiger partial charge < -0.3 is 14.4 Å². The standard InChI is InChI=1S/C21H21NO5/c1-14-11-12-15-7-3-6-10-18(15)22(14)19(23)13-27-21(25)17-9-5-4-8-16(17)20(24)26-2/h3-10,14H,11-13H2,1-2H3. The zero-order valence-electron chi connectivity index (χ0n) is 15.3. The van der Waals surface area contributed by atoms with E-state index in [0.29, 0.717) is 0 Å². The lowest BCUT2D eigenvalue weighted by atomic mass is 9.96. The second-order valence-electron chi connectivity index (χ2n) is 6.39. The van der Waals surface area contributed by atoms with Crippen molar-refractivity contribution in [1.82, 2.24) is 0 Å². The molecular weight excluding hydrogens is 346 g/mol. The molecule has 1 heterocycles. The Kier molecular flexibility index (Phi) is 5.54. The van der Waals surface area contributed by atoms with Crippen LogP contribution in [-0.2, 0) is 20.7 Å². The maximum atomic E-state index is 12.7. The van der Waals surface area contributed by atoms with E-state index in [2.05, 4.69) is 4.74 Å². The molecule has 6 nitrogen and oxygen atoms in total. The lowest BCUT2D eigenvalue weighted by molar-refractivity contribution is -0.122. The fraction of sp³-hybridized carbons (Fsp3) is 0.286. The van der Waals surface area contributed by atoms with E-state index >= 15 is 0 Å². The number of hydrogen-bond acceptors (Lipinski definition) is 5. The quantitative estimate of drug-likeness (QED) is 0.777. The van der Waals surface area contributed by atoms with E-state index in [4.69, 9.17) is 4.74 Å². The van der Waals surface area contributed by atoms with Crippen LogP contribution in [0.3, 0.4) is 0 Å². The minimum Gasteiger partial charge on any atom is -0.465 e. The molecule has 0 aliphatic carbocycles. The number of rotatable bonds is 4. The molecule has 0 N–H and O–H groups in total. The van der Waals surface area contributed by atoms with Crippen LogP contribution >= 0.6 is 0 Å². The Morgan fingerprint density at radius 3 is 2.33 bits per heavy atom. The van der Waals surface area contributed by atoms with Gasteiger partial charge in [0.05, 0.1) is 18.2 Å². The number of carbonyl (C=O) groups excluding carboxylic acids is 3. The third-order valence-electron chi connectivity index (χ3n) is 4.67. The Morgan fingerprint density at radius 1 is 1.00 bits per heavy atom. The average molecular weight is 367 g/mol. The van der Waals surface area contributed by atoms with Gasteiger partial charge in [-0.25, -0.2) is 9.59 Å². The predicted molar refractivity (Wildman–Crippen MR) is 99.8 cm³/mol. The number of fused-ring (bicyclic) bond motifs is 1. The van der Waals surface area contributed by atoms with Gasteiger partial charge in [-0.15, -0.1) is 0 Å². The zero-order chi connectivity index (χ0) is 19.4. The molecule has 1 unspecified atom stereocenters. The van der Waals surface area contributed by atoms with E-state index in [-0.39, 0.29) is 23.1 Å². The number of para-hydroxylation sites is 1. The van der Waals surface area contributed by atoms with E-state index in [1.807, 2.05) is 31.2 Å². The molecule has 140 valence electrons. The largest absolute Gasteiger partial charge is 0.465 e. The second-order valence-corrected chi connectivity index (χ2v) is 6.39. The number of anilines is 1. The fourth-order valence-corrected chi connectivity index (χ4v) is 3.29. The van der Waals surface area contributed by atoms with Gasteiger partial charge in [0, 0.05) is 11.7 Å². The normalized spacial score (nSPS) is 15.6. The number of methoxy groups -OCH3 is 1. The molecule has 27 heavy (non-hydrogen) atoms. The molecule has 1 aliphatic heterocycles. The average Bonchev–Trinajstić information content (AvgIpc) is 2.71. The predicted octanol–water partition coefficient (Wildman–Crippen LogP) is 3.00. The zero-order valence-corrected chi connectivity index (χ0v) is 15.3. The molecule has 0 radical (unpaired) electrons. The number of hydrogen-bond donors (Lipinski definition) is 0. The summed E-state index contributed by atoms with van der Waals surface area (Å²) in [5.74, 6) is -1.66. The van der Waals surface area contributed by atoms with Crippen molar-refractivity contribution in [3.63, 3.8) is 0 Å². The molecule has 0 bridgehead atoms. The summed E-state index contributed by atoms with van der Waals surface area (Å²) in [4.78, 5) is 38.6. The summed E-state index contributed by atoms with van der Waals surface area (Å²) in [6, 6.07) is 13.9. The maximum Gasteiger partial charge on any atom is 0.339 e. The first kappa shape index (κ1) is 18.6. The molecule has 6 heteroatoms. The summed E-state index contributed by atoms with van der Waals surface area (Å²) in [5.41, 5.74) is 2.14. The van der Waals surface area contributed by atoms with Crippen LogP contribution in [0.5, 0.6) is 0 Å². The molecule has 1 aliphatic rings. The molecule has 1 amide bonds. The van der Waals surface area contributed by atoms with Crippen LogP contribution in [0, 0.1) is 0 Å². The van der Waals surface area contributed by atoms with Crippen molar-refractivity contribution in [2.75, 3.05) is 18.6 Å². The molecule has 0 fully saturated rings. The van der Waals surface area contributed by atoms with E-state index in [9.17, 15) is 14.4 Å². The fourth-order valence-electron chi connectivity index (χ4n) is 3.29. The molecular formula is C21H21NO5. The van der Waals surface area contributed by atoms with Crippen molar-refractivity contribution >= 4 is 23.5 Å². The first-order chi connectivity index (χ1) is 13.0. The summed E-state index contributed by atoms with van der Waals surface area (Å²) in [6.45, 7) is 1.58. The second kappa shape index (κ2) is 8.03. The summed E-state index contributed by atoms with van der Waals surface area (Å²) in [6.07, 6.45) is 1.76. The highest BCUT2D eigenvalue weighted by Gasteiger charge is 2.29. The van der Waals surface area contributed by atoms with Crippen molar-refractivity contribution in [2.24, 2.45) is 0 Å². The van der Waals surface area contributed by atoms with Crippen LogP contribution in [0.15, 0.2) is 48.5 Å². The highest BCUT2D eigenvalue weighted by atomic mass is 16.5. The minimum atomic E-state index is -0.734. The maximum absolute atomic E-state index is 12.7. The number of carbonyl (C=O) groups is 3. The van der Waals surface area contributed by atoms with Gasteiger partial charge >= 0.3 is 11.9 Å². The van der Waals surface area contributed by atoms with Crippen molar-refractivity contribution < 1.29 is 23.9 Å². The number of esters is 2. The van der Waals surface area contributed by atoms with Crippen LogP contribution in [0.1, 0.15) is 39.6 Å². The topological polar surface area (TPSA) is 72.9 Å². The van der Waals surface area contributed by atoms with Gasteiger partial charge in [0.1, 0.15) is 0 Å². The van der Waals surface area contributed by atoms with Gasteiger partial charge in [-0.1, -0.05) is 30.3 Å². The van der Waals surface area contributed by atoms with Crippen LogP contribution in [0.25, 0.3) is 0 Å². The highest BCUT2D eigenvalue weighted by Crippen LogP contribution is 2.30. The molecule has 3 rings (SSSR count). The Hall–Kier alpha value is -3.15. The number of benzene rings is 2. The van der Waals surface area contributed by atoms with E-state index in [1.165, 1.54) is 19.2 Å². The van der Waals surface area contributed by atoms with Gasteiger partial charge in [-0.2, -0.15) is 0 Å². The van der Waals surface area contributed by atoms with Gasteiger partial charge in [-0.3, -0.25) is 4.79 Å². The molecule has 2 aromatic rings. The number of nitrogens with zero attached hydrogens (tertiary/aromatic N) is 1. The van der Waals surface area contributed by atoms with Crippen LogP contribution < -0.4 is 4.90 Å². The van der Waals surface area contributed by atoms with Crippen molar-refractivity contribution in [1.29, 1.82) is 0 Å². The summed E-state index contributed by atoms with van der Waals surface area (Å²) >= 11 is 0. The smallest absolute Gasteiger partial charge is 0.339 e. The van der Waals surface area contributed by atoms with Crippen molar-refractivity contribution in [3.8, 4) is 0 Å². The Bertz CT molecular complexity index is 876. The van der Waals surface area contributed by atoms with Crippen LogP contribution in [0.4, 0.5) is 5.69 Å². The van der Waals surface area contributed by atoms with E-state index in [1.54, 1.807) is 17.0 Å². The van der Waals surface area contributed by atoms with Gasteiger partial charge in [0.2, 0.25) is 0 Å². The third kappa shape index (κ3) is 3.84. The number of ether oxygens (including phenoxy) is 2. The first-order valence-electron chi connectivity index (χ1n) is 8.77. The minimum absolute atomic E-state index is 0.0217. The van der Waals surface area contributed by atoms with Gasteiger partial charge in [-0.05, 0) is 43.5 Å². The monoisotopic (exact) mass is 367 g/mol. The number of amides is 1. The third-order valence-corrected chi connectivity index (χ3v) is 4.67. The van der Waals surface area contributed by atoms with E-state index in [0.717, 1.165) is 24.1 Å². The van der Waals surface area contributed by atoms with Crippen molar-refractivity contribution in [2.45, 2.75) is 25.8 Å². The van der Waals surface area contributed by atoms with E-state index < -0.39 is 18.5 Å². The van der Waals surface area contributed by atoms with Gasteiger partial charge in [0.25, 0.3) is 5.91 Å². The summed E-state index contributed by atoms with van der Waals surface area (Å²) in [5, 5.41) is 0. The lowest BCUT2D eigenvalue weighted by Gasteiger charge is -2.35. The SMILES string of the molecule is COC(=O)c1ccccc1C(=O)OCC(=O)N1c2ccccc2CCC1C. The Balaban J connectivity index is 1.73. The molecule has 0 spiro atoms. The number of aryl methyl sites for hydroxylation is 1. The first-order valence-corrected chi connectivity index (χ1v) is 8.77.